The van der Waals surface area contributed by atoms with Crippen molar-refractivity contribution in [2.75, 3.05) is 62.3 Å². The predicted octanol–water partition coefficient (Wildman–Crippen LogP) is 3.65. The summed E-state index contributed by atoms with van der Waals surface area (Å²) in [5, 5.41) is 3.04. The van der Waals surface area contributed by atoms with Gasteiger partial charge >= 0.3 is 6.09 Å². The van der Waals surface area contributed by atoms with E-state index in [1.807, 2.05) is 60.7 Å². The molecule has 3 heterocycles. The van der Waals surface area contributed by atoms with Crippen LogP contribution in [0.1, 0.15) is 40.5 Å². The molecule has 2 amide bonds. The Hall–Kier alpha value is -4.18. The fourth-order valence-electron chi connectivity index (χ4n) is 5.23. The smallest absolute Gasteiger partial charge is 0.410 e. The van der Waals surface area contributed by atoms with Crippen LogP contribution in [-0.2, 0) is 16.1 Å². The molecule has 1 atom stereocenters. The van der Waals surface area contributed by atoms with E-state index < -0.39 is 0 Å². The molecule has 3 aliphatic rings. The molecule has 1 aliphatic carbocycles. The number of nitrogens with zero attached hydrogens (tertiary/aromatic N) is 5. The van der Waals surface area contributed by atoms with Gasteiger partial charge in [0.2, 0.25) is 5.95 Å². The summed E-state index contributed by atoms with van der Waals surface area (Å²) in [5.74, 6) is 1.60. The lowest BCUT2D eigenvalue weighted by atomic mass is 10.0. The number of amides is 2. The topological polar surface area (TPSA) is 100 Å². The summed E-state index contributed by atoms with van der Waals surface area (Å²) in [5.41, 5.74) is 2.30. The molecule has 10 nitrogen and oxygen atoms in total. The second-order valence-electron chi connectivity index (χ2n) is 10.8. The molecule has 0 bridgehead atoms. The molecule has 2 aliphatic heterocycles. The molecule has 0 radical (unpaired) electrons. The Morgan fingerprint density at radius 1 is 0.902 bits per heavy atom. The molecule has 1 saturated carbocycles. The largest absolute Gasteiger partial charge is 0.445 e. The van der Waals surface area contributed by atoms with Crippen molar-refractivity contribution in [3.63, 3.8) is 0 Å². The van der Waals surface area contributed by atoms with Gasteiger partial charge in [-0.15, -0.1) is 0 Å². The Balaban J connectivity index is 1.24. The van der Waals surface area contributed by atoms with Crippen LogP contribution in [0.3, 0.4) is 0 Å². The second kappa shape index (κ2) is 12.6. The SMILES string of the molecule is O=C(NCC1CC1)c1cc(N2CCOCC2)nc(N2CCN(C(=O)OCc3ccccc3)C(c3ccccc3)C2)n1. The number of hydrogen-bond donors (Lipinski definition) is 1. The lowest BCUT2D eigenvalue weighted by Gasteiger charge is -2.41. The zero-order chi connectivity index (χ0) is 28.0. The van der Waals surface area contributed by atoms with Gasteiger partial charge < -0.3 is 24.6 Å². The molecule has 1 aromatic heterocycles. The highest BCUT2D eigenvalue weighted by Crippen LogP contribution is 2.30. The summed E-state index contributed by atoms with van der Waals surface area (Å²) in [4.78, 5) is 42.1. The van der Waals surface area contributed by atoms with Gasteiger partial charge in [-0.25, -0.2) is 9.78 Å². The molecule has 3 fully saturated rings. The Morgan fingerprint density at radius 3 is 2.37 bits per heavy atom. The highest BCUT2D eigenvalue weighted by Gasteiger charge is 2.34. The van der Waals surface area contributed by atoms with Crippen LogP contribution in [0.25, 0.3) is 0 Å². The van der Waals surface area contributed by atoms with Crippen LogP contribution in [-0.4, -0.2) is 79.4 Å². The van der Waals surface area contributed by atoms with Crippen molar-refractivity contribution in [1.82, 2.24) is 20.2 Å². The van der Waals surface area contributed by atoms with Gasteiger partial charge in [0.15, 0.2) is 0 Å². The number of morpholine rings is 1. The molecule has 10 heteroatoms. The molecule has 2 saturated heterocycles. The molecule has 214 valence electrons. The molecule has 2 aromatic carbocycles. The van der Waals surface area contributed by atoms with Gasteiger partial charge in [-0.1, -0.05) is 60.7 Å². The minimum absolute atomic E-state index is 0.183. The van der Waals surface area contributed by atoms with Gasteiger partial charge in [0.1, 0.15) is 18.1 Å². The van der Waals surface area contributed by atoms with Crippen LogP contribution in [0.4, 0.5) is 16.6 Å². The Bertz CT molecular complexity index is 1330. The van der Waals surface area contributed by atoms with E-state index in [9.17, 15) is 9.59 Å². The van der Waals surface area contributed by atoms with E-state index >= 15 is 0 Å². The number of rotatable bonds is 8. The van der Waals surface area contributed by atoms with E-state index in [2.05, 4.69) is 15.1 Å². The predicted molar refractivity (Wildman–Crippen MR) is 155 cm³/mol. The van der Waals surface area contributed by atoms with Crippen LogP contribution >= 0.6 is 0 Å². The van der Waals surface area contributed by atoms with Crippen LogP contribution in [0.5, 0.6) is 0 Å². The number of nitrogens with one attached hydrogen (secondary N) is 1. The molecule has 3 aromatic rings. The summed E-state index contributed by atoms with van der Waals surface area (Å²) in [7, 11) is 0. The summed E-state index contributed by atoms with van der Waals surface area (Å²) in [6, 6.07) is 21.1. The molecular formula is C31H36N6O4. The van der Waals surface area contributed by atoms with Gasteiger partial charge in [-0.05, 0) is 29.9 Å². The second-order valence-corrected chi connectivity index (χ2v) is 10.8. The number of ether oxygens (including phenoxy) is 2. The normalized spacial score (nSPS) is 19.1. The fraction of sp³-hybridized carbons (Fsp3) is 0.419. The molecular weight excluding hydrogens is 520 g/mol. The van der Waals surface area contributed by atoms with Crippen LogP contribution in [0.15, 0.2) is 66.7 Å². The minimum atomic E-state index is -0.356. The average molecular weight is 557 g/mol. The minimum Gasteiger partial charge on any atom is -0.445 e. The maximum Gasteiger partial charge on any atom is 0.410 e. The van der Waals surface area contributed by atoms with Crippen molar-refractivity contribution in [3.8, 4) is 0 Å². The highest BCUT2D eigenvalue weighted by molar-refractivity contribution is 5.93. The number of anilines is 2. The number of carbonyl (C=O) groups is 2. The van der Waals surface area contributed by atoms with Gasteiger partial charge in [0, 0.05) is 45.3 Å². The third-order valence-electron chi connectivity index (χ3n) is 7.80. The first-order valence-corrected chi connectivity index (χ1v) is 14.4. The van der Waals surface area contributed by atoms with E-state index in [1.165, 1.54) is 0 Å². The third-order valence-corrected chi connectivity index (χ3v) is 7.80. The van der Waals surface area contributed by atoms with Crippen molar-refractivity contribution < 1.29 is 19.1 Å². The number of benzene rings is 2. The molecule has 1 unspecified atom stereocenters. The third kappa shape index (κ3) is 6.77. The van der Waals surface area contributed by atoms with E-state index in [0.29, 0.717) is 70.0 Å². The summed E-state index contributed by atoms with van der Waals surface area (Å²) >= 11 is 0. The number of hydrogen-bond acceptors (Lipinski definition) is 8. The van der Waals surface area contributed by atoms with Gasteiger partial charge in [0.25, 0.3) is 5.91 Å². The van der Waals surface area contributed by atoms with Crippen molar-refractivity contribution in [1.29, 1.82) is 0 Å². The average Bonchev–Trinajstić information content (AvgIpc) is 3.88. The molecule has 41 heavy (non-hydrogen) atoms. The van der Waals surface area contributed by atoms with Crippen molar-refractivity contribution in [3.05, 3.63) is 83.6 Å². The first-order chi connectivity index (χ1) is 20.1. The van der Waals surface area contributed by atoms with Gasteiger partial charge in [-0.3, -0.25) is 9.69 Å². The summed E-state index contributed by atoms with van der Waals surface area (Å²) < 4.78 is 11.3. The monoisotopic (exact) mass is 556 g/mol. The first kappa shape index (κ1) is 27.0. The lowest BCUT2D eigenvalue weighted by Crippen LogP contribution is -2.51. The summed E-state index contributed by atoms with van der Waals surface area (Å²) in [6.45, 7) is 4.93. The molecule has 6 rings (SSSR count). The zero-order valence-electron chi connectivity index (χ0n) is 23.2. The van der Waals surface area contributed by atoms with Crippen LogP contribution in [0.2, 0.25) is 0 Å². The zero-order valence-corrected chi connectivity index (χ0v) is 23.2. The summed E-state index contributed by atoms with van der Waals surface area (Å²) in [6.07, 6.45) is 1.96. The standard InChI is InChI=1S/C31H36N6O4/c38-29(32-20-23-11-12-23)26-19-28(35-15-17-40-18-16-35)34-30(33-26)36-13-14-37(27(21-36)25-9-5-2-6-10-25)31(39)41-22-24-7-3-1-4-8-24/h1-10,19,23,27H,11-18,20-22H2,(H,32,38). The number of aromatic nitrogens is 2. The van der Waals surface area contributed by atoms with Gasteiger partial charge in [0.05, 0.1) is 19.3 Å². The maximum absolute atomic E-state index is 13.3. The Morgan fingerprint density at radius 2 is 1.63 bits per heavy atom. The fourth-order valence-corrected chi connectivity index (χ4v) is 5.23. The quantitative estimate of drug-likeness (QED) is 0.449. The maximum atomic E-state index is 13.3. The van der Waals surface area contributed by atoms with E-state index in [0.717, 1.165) is 29.8 Å². The number of piperazine rings is 1. The van der Waals surface area contributed by atoms with Crippen molar-refractivity contribution in [2.24, 2.45) is 5.92 Å². The van der Waals surface area contributed by atoms with Crippen LogP contribution < -0.4 is 15.1 Å². The Kier molecular flexibility index (Phi) is 8.27. The van der Waals surface area contributed by atoms with Crippen LogP contribution in [0, 0.1) is 5.92 Å². The molecule has 1 N–H and O–H groups in total. The van der Waals surface area contributed by atoms with E-state index in [4.69, 9.17) is 19.4 Å². The molecule has 0 spiro atoms. The number of carbonyl (C=O) groups excluding carboxylic acids is 2. The lowest BCUT2D eigenvalue weighted by molar-refractivity contribution is 0.0757. The highest BCUT2D eigenvalue weighted by atomic mass is 16.6. The van der Waals surface area contributed by atoms with Crippen molar-refractivity contribution >= 4 is 23.8 Å². The van der Waals surface area contributed by atoms with Crippen molar-refractivity contribution in [2.45, 2.75) is 25.5 Å². The van der Waals surface area contributed by atoms with Gasteiger partial charge in [-0.2, -0.15) is 4.98 Å². The van der Waals surface area contributed by atoms with E-state index in [1.54, 1.807) is 11.0 Å². The van der Waals surface area contributed by atoms with E-state index in [-0.39, 0.29) is 24.6 Å². The Labute approximate surface area is 240 Å². The first-order valence-electron chi connectivity index (χ1n) is 14.4.